The van der Waals surface area contributed by atoms with E-state index in [9.17, 15) is 5.11 Å². The van der Waals surface area contributed by atoms with Gasteiger partial charge in [0, 0.05) is 20.1 Å². The predicted octanol–water partition coefficient (Wildman–Crippen LogP) is 5.45. The van der Waals surface area contributed by atoms with Gasteiger partial charge in [-0.2, -0.15) is 0 Å². The molecule has 1 atom stereocenters. The van der Waals surface area contributed by atoms with E-state index in [0.717, 1.165) is 20.8 Å². The van der Waals surface area contributed by atoms with Crippen LogP contribution in [0.1, 0.15) is 24.2 Å². The first-order chi connectivity index (χ1) is 9.06. The second-order valence-corrected chi connectivity index (χ2v) is 6.61. The van der Waals surface area contributed by atoms with Crippen LogP contribution >= 0.6 is 39.3 Å². The first-order valence-electron chi connectivity index (χ1n) is 5.91. The number of hydrogen-bond donors (Lipinski definition) is 1. The summed E-state index contributed by atoms with van der Waals surface area (Å²) < 4.78 is 0.948. The number of halogens is 2. The molecule has 0 aliphatic heterocycles. The molecular weight excluding hydrogens is 344 g/mol. The lowest BCUT2D eigenvalue weighted by molar-refractivity contribution is 0.198. The van der Waals surface area contributed by atoms with Gasteiger partial charge in [0.2, 0.25) is 0 Å². The summed E-state index contributed by atoms with van der Waals surface area (Å²) in [7, 11) is 0. The Morgan fingerprint density at radius 2 is 1.89 bits per heavy atom. The van der Waals surface area contributed by atoms with Crippen molar-refractivity contribution in [2.45, 2.75) is 23.7 Å². The van der Waals surface area contributed by atoms with Gasteiger partial charge in [-0.1, -0.05) is 45.7 Å². The smallest absolute Gasteiger partial charge is 0.0772 e. The van der Waals surface area contributed by atoms with Crippen molar-refractivity contribution in [2.75, 3.05) is 0 Å². The van der Waals surface area contributed by atoms with Gasteiger partial charge >= 0.3 is 0 Å². The minimum Gasteiger partial charge on any atom is -0.389 e. The van der Waals surface area contributed by atoms with E-state index in [0.29, 0.717) is 0 Å². The highest BCUT2D eigenvalue weighted by molar-refractivity contribution is 9.10. The number of aliphatic hydroxyl groups excluding tert-OH is 1. The summed E-state index contributed by atoms with van der Waals surface area (Å²) in [6.45, 7) is 1.76. The number of hydrogen-bond acceptors (Lipinski definition) is 2. The highest BCUT2D eigenvalue weighted by Crippen LogP contribution is 2.30. The van der Waals surface area contributed by atoms with Gasteiger partial charge in [0.25, 0.3) is 0 Å². The fraction of sp³-hybridized carbons (Fsp3) is 0.200. The van der Waals surface area contributed by atoms with Gasteiger partial charge in [0.15, 0.2) is 0 Å². The second-order valence-electron chi connectivity index (χ2n) is 4.27. The van der Waals surface area contributed by atoms with Gasteiger partial charge in [-0.25, -0.2) is 0 Å². The van der Waals surface area contributed by atoms with Crippen LogP contribution < -0.4 is 0 Å². The van der Waals surface area contributed by atoms with E-state index >= 15 is 0 Å². The van der Waals surface area contributed by atoms with Crippen molar-refractivity contribution in [3.63, 3.8) is 0 Å². The lowest BCUT2D eigenvalue weighted by Crippen LogP contribution is -1.92. The SMILES string of the molecule is C[C@H](O)c1ccc(SCc2ccc(Cl)cc2)cc1Br. The normalized spacial score (nSPS) is 12.4. The van der Waals surface area contributed by atoms with Crippen LogP contribution in [0.25, 0.3) is 0 Å². The summed E-state index contributed by atoms with van der Waals surface area (Å²) in [4.78, 5) is 1.17. The summed E-state index contributed by atoms with van der Waals surface area (Å²) in [5.41, 5.74) is 2.15. The summed E-state index contributed by atoms with van der Waals surface area (Å²) in [6, 6.07) is 13.9. The lowest BCUT2D eigenvalue weighted by Gasteiger charge is -2.09. The maximum atomic E-state index is 9.58. The van der Waals surface area contributed by atoms with Crippen molar-refractivity contribution in [1.82, 2.24) is 0 Å². The Bertz CT molecular complexity index is 555. The molecule has 0 aromatic heterocycles. The molecular formula is C15H14BrClOS. The first kappa shape index (κ1) is 14.9. The summed E-state index contributed by atoms with van der Waals surface area (Å²) in [5, 5.41) is 10.3. The molecule has 2 aromatic rings. The third kappa shape index (κ3) is 4.25. The molecule has 0 aliphatic carbocycles. The minimum atomic E-state index is -0.454. The van der Waals surface area contributed by atoms with E-state index in [-0.39, 0.29) is 0 Å². The van der Waals surface area contributed by atoms with Gasteiger partial charge in [0.1, 0.15) is 0 Å². The van der Waals surface area contributed by atoms with Crippen LogP contribution in [0.15, 0.2) is 51.8 Å². The van der Waals surface area contributed by atoms with Crippen molar-refractivity contribution in [1.29, 1.82) is 0 Å². The Morgan fingerprint density at radius 1 is 1.21 bits per heavy atom. The highest BCUT2D eigenvalue weighted by Gasteiger charge is 2.07. The van der Waals surface area contributed by atoms with Crippen molar-refractivity contribution in [2.24, 2.45) is 0 Å². The molecule has 19 heavy (non-hydrogen) atoms. The van der Waals surface area contributed by atoms with Gasteiger partial charge < -0.3 is 5.11 Å². The predicted molar refractivity (Wildman–Crippen MR) is 85.8 cm³/mol. The van der Waals surface area contributed by atoms with E-state index in [1.165, 1.54) is 10.5 Å². The third-order valence-electron chi connectivity index (χ3n) is 2.74. The van der Waals surface area contributed by atoms with Crippen LogP contribution in [-0.2, 0) is 5.75 Å². The van der Waals surface area contributed by atoms with Gasteiger partial charge in [0.05, 0.1) is 6.10 Å². The Hall–Kier alpha value is -0.480. The number of thioether (sulfide) groups is 1. The Kier molecular flexibility index (Phi) is 5.34. The zero-order valence-corrected chi connectivity index (χ0v) is 13.6. The summed E-state index contributed by atoms with van der Waals surface area (Å²) >= 11 is 11.1. The molecule has 0 aliphatic rings. The van der Waals surface area contributed by atoms with Gasteiger partial charge in [-0.05, 0) is 42.3 Å². The van der Waals surface area contributed by atoms with Crippen molar-refractivity contribution >= 4 is 39.3 Å². The van der Waals surface area contributed by atoms with Crippen LogP contribution in [0, 0.1) is 0 Å². The van der Waals surface area contributed by atoms with Crippen LogP contribution in [0.5, 0.6) is 0 Å². The monoisotopic (exact) mass is 356 g/mol. The van der Waals surface area contributed by atoms with Gasteiger partial charge in [-0.3, -0.25) is 0 Å². The summed E-state index contributed by atoms with van der Waals surface area (Å²) in [5.74, 6) is 0.900. The zero-order valence-electron chi connectivity index (χ0n) is 10.4. The molecule has 0 amide bonds. The maximum Gasteiger partial charge on any atom is 0.0772 e. The second kappa shape index (κ2) is 6.80. The van der Waals surface area contributed by atoms with Gasteiger partial charge in [-0.15, -0.1) is 11.8 Å². The van der Waals surface area contributed by atoms with Crippen LogP contribution in [0.2, 0.25) is 5.02 Å². The average Bonchev–Trinajstić information content (AvgIpc) is 2.37. The number of rotatable bonds is 4. The molecule has 0 saturated heterocycles. The molecule has 0 spiro atoms. The molecule has 0 fully saturated rings. The number of benzene rings is 2. The van der Waals surface area contributed by atoms with E-state index in [1.54, 1.807) is 18.7 Å². The molecule has 100 valence electrons. The molecule has 0 saturated carbocycles. The molecule has 0 bridgehead atoms. The van der Waals surface area contributed by atoms with Crippen LogP contribution in [0.3, 0.4) is 0 Å². The fourth-order valence-corrected chi connectivity index (χ4v) is 3.56. The lowest BCUT2D eigenvalue weighted by atomic mass is 10.1. The fourth-order valence-electron chi connectivity index (χ4n) is 1.68. The zero-order chi connectivity index (χ0) is 13.8. The molecule has 0 unspecified atom stereocenters. The van der Waals surface area contributed by atoms with Crippen molar-refractivity contribution in [3.05, 3.63) is 63.1 Å². The Labute approximate surface area is 131 Å². The molecule has 0 heterocycles. The molecule has 0 radical (unpaired) electrons. The largest absolute Gasteiger partial charge is 0.389 e. The van der Waals surface area contributed by atoms with Crippen LogP contribution in [0.4, 0.5) is 0 Å². The standard InChI is InChI=1S/C15H14BrClOS/c1-10(18)14-7-6-13(8-15(14)16)19-9-11-2-4-12(17)5-3-11/h2-8,10,18H,9H2,1H3/t10-/m0/s1. The highest BCUT2D eigenvalue weighted by atomic mass is 79.9. The molecule has 1 nitrogen and oxygen atoms in total. The molecule has 2 aromatic carbocycles. The average molecular weight is 358 g/mol. The molecule has 1 N–H and O–H groups in total. The quantitative estimate of drug-likeness (QED) is 0.734. The molecule has 4 heteroatoms. The first-order valence-corrected chi connectivity index (χ1v) is 8.06. The molecule has 2 rings (SSSR count). The summed E-state index contributed by atoms with van der Waals surface area (Å²) in [6.07, 6.45) is -0.454. The Balaban J connectivity index is 2.04. The van der Waals surface area contributed by atoms with E-state index < -0.39 is 6.10 Å². The minimum absolute atomic E-state index is 0.454. The topological polar surface area (TPSA) is 20.2 Å². The number of aliphatic hydroxyl groups is 1. The maximum absolute atomic E-state index is 9.58. The van der Waals surface area contributed by atoms with Crippen LogP contribution in [-0.4, -0.2) is 5.11 Å². The van der Waals surface area contributed by atoms with Crippen molar-refractivity contribution in [3.8, 4) is 0 Å². The van der Waals surface area contributed by atoms with E-state index in [4.69, 9.17) is 11.6 Å². The van der Waals surface area contributed by atoms with Crippen molar-refractivity contribution < 1.29 is 5.11 Å². The third-order valence-corrected chi connectivity index (χ3v) is 4.74. The Morgan fingerprint density at radius 3 is 2.47 bits per heavy atom. The van der Waals surface area contributed by atoms with E-state index in [1.807, 2.05) is 42.5 Å². The van der Waals surface area contributed by atoms with E-state index in [2.05, 4.69) is 15.9 Å².